The molecule has 0 heterocycles. The number of amides is 1. The first-order valence-electron chi connectivity index (χ1n) is 9.91. The highest BCUT2D eigenvalue weighted by molar-refractivity contribution is 5.98. The van der Waals surface area contributed by atoms with Crippen LogP contribution in [0.3, 0.4) is 0 Å². The zero-order valence-corrected chi connectivity index (χ0v) is 16.1. The van der Waals surface area contributed by atoms with Crippen LogP contribution in [0.1, 0.15) is 70.4 Å². The van der Waals surface area contributed by atoms with E-state index in [1.807, 2.05) is 30.0 Å². The molecule has 25 heavy (non-hydrogen) atoms. The minimum absolute atomic E-state index is 0.163. The molecule has 0 radical (unpaired) electrons. The van der Waals surface area contributed by atoms with Gasteiger partial charge in [-0.3, -0.25) is 4.79 Å². The maximum atomic E-state index is 13.1. The predicted octanol–water partition coefficient (Wildman–Crippen LogP) is 5.18. The third-order valence-corrected chi connectivity index (χ3v) is 4.96. The molecule has 3 heteroatoms. The van der Waals surface area contributed by atoms with Crippen molar-refractivity contribution in [2.45, 2.75) is 65.7 Å². The van der Waals surface area contributed by atoms with E-state index in [1.165, 1.54) is 12.8 Å². The summed E-state index contributed by atoms with van der Waals surface area (Å²) in [5.74, 6) is 1.33. The van der Waals surface area contributed by atoms with Crippen molar-refractivity contribution < 1.29 is 9.90 Å². The number of nitrogens with zero attached hydrogens (tertiary/aromatic N) is 1. The molecule has 0 bridgehead atoms. The van der Waals surface area contributed by atoms with E-state index in [4.69, 9.17) is 0 Å². The third-order valence-electron chi connectivity index (χ3n) is 4.96. The molecule has 1 aromatic rings. The molecule has 3 nitrogen and oxygen atoms in total. The molecular formula is C22H33NO2. The number of hydrogen-bond acceptors (Lipinski definition) is 2. The van der Waals surface area contributed by atoms with Crippen LogP contribution in [0, 0.1) is 5.92 Å². The average Bonchev–Trinajstić information content (AvgIpc) is 3.43. The second kappa shape index (κ2) is 9.65. The van der Waals surface area contributed by atoms with E-state index in [-0.39, 0.29) is 5.91 Å². The molecular weight excluding hydrogens is 310 g/mol. The summed E-state index contributed by atoms with van der Waals surface area (Å²) < 4.78 is 0. The van der Waals surface area contributed by atoms with Crippen molar-refractivity contribution in [3.63, 3.8) is 0 Å². The summed E-state index contributed by atoms with van der Waals surface area (Å²) >= 11 is 0. The first-order chi connectivity index (χ1) is 12.1. The SMILES string of the molecule is CCCc1c(O)cccc1/C=C(\CC)C(=O)N(CCC)CCC1CC1. The van der Waals surface area contributed by atoms with E-state index in [2.05, 4.69) is 13.8 Å². The molecule has 1 amide bonds. The maximum absolute atomic E-state index is 13.1. The fraction of sp³-hybridized carbons (Fsp3) is 0.591. The minimum Gasteiger partial charge on any atom is -0.508 e. The first-order valence-corrected chi connectivity index (χ1v) is 9.91. The van der Waals surface area contributed by atoms with Crippen LogP contribution in [0.2, 0.25) is 0 Å². The van der Waals surface area contributed by atoms with E-state index in [0.717, 1.165) is 61.4 Å². The molecule has 1 saturated carbocycles. The summed E-state index contributed by atoms with van der Waals surface area (Å²) in [5.41, 5.74) is 2.77. The normalized spacial score (nSPS) is 14.6. The van der Waals surface area contributed by atoms with E-state index in [1.54, 1.807) is 6.07 Å². The van der Waals surface area contributed by atoms with Crippen LogP contribution in [0.15, 0.2) is 23.8 Å². The Morgan fingerprint density at radius 2 is 1.96 bits per heavy atom. The number of phenols is 1. The largest absolute Gasteiger partial charge is 0.508 e. The summed E-state index contributed by atoms with van der Waals surface area (Å²) in [6, 6.07) is 5.59. The smallest absolute Gasteiger partial charge is 0.249 e. The van der Waals surface area contributed by atoms with Gasteiger partial charge in [0.25, 0.3) is 0 Å². The number of carbonyl (C=O) groups is 1. The van der Waals surface area contributed by atoms with E-state index >= 15 is 0 Å². The summed E-state index contributed by atoms with van der Waals surface area (Å²) in [5, 5.41) is 10.2. The van der Waals surface area contributed by atoms with Crippen molar-refractivity contribution in [3.8, 4) is 5.75 Å². The van der Waals surface area contributed by atoms with Crippen LogP contribution in [0.25, 0.3) is 6.08 Å². The summed E-state index contributed by atoms with van der Waals surface area (Å²) in [6.45, 7) is 7.96. The molecule has 2 rings (SSSR count). The number of hydrogen-bond donors (Lipinski definition) is 1. The first kappa shape index (κ1) is 19.6. The molecule has 1 aliphatic carbocycles. The summed E-state index contributed by atoms with van der Waals surface area (Å²) in [7, 11) is 0. The molecule has 1 aromatic carbocycles. The highest BCUT2D eigenvalue weighted by atomic mass is 16.3. The van der Waals surface area contributed by atoms with Gasteiger partial charge in [0.2, 0.25) is 5.91 Å². The molecule has 1 fully saturated rings. The standard InChI is InChI=1S/C22H33NO2/c1-4-8-20-19(9-7-10-21(20)24)16-18(6-3)22(25)23(14-5-2)15-13-17-11-12-17/h7,9-10,16-17,24H,4-6,8,11-15H2,1-3H3/b18-16+. The van der Waals surface area contributed by atoms with Gasteiger partial charge in [-0.2, -0.15) is 0 Å². The molecule has 0 atom stereocenters. The number of rotatable bonds is 10. The van der Waals surface area contributed by atoms with Crippen LogP contribution in [0.5, 0.6) is 5.75 Å². The highest BCUT2D eigenvalue weighted by Gasteiger charge is 2.24. The molecule has 1 N–H and O–H groups in total. The van der Waals surface area contributed by atoms with Crippen molar-refractivity contribution in [1.82, 2.24) is 4.90 Å². The molecule has 1 aliphatic rings. The van der Waals surface area contributed by atoms with Crippen molar-refractivity contribution in [2.75, 3.05) is 13.1 Å². The number of phenolic OH excluding ortho intramolecular Hbond substituents is 1. The lowest BCUT2D eigenvalue weighted by Crippen LogP contribution is -2.34. The summed E-state index contributed by atoms with van der Waals surface area (Å²) in [4.78, 5) is 15.1. The van der Waals surface area contributed by atoms with Crippen molar-refractivity contribution >= 4 is 12.0 Å². The fourth-order valence-corrected chi connectivity index (χ4v) is 3.29. The Labute approximate surface area is 152 Å². The van der Waals surface area contributed by atoms with E-state index < -0.39 is 0 Å². The van der Waals surface area contributed by atoms with E-state index in [9.17, 15) is 9.90 Å². The molecule has 0 saturated heterocycles. The van der Waals surface area contributed by atoms with Gasteiger partial charge in [0, 0.05) is 24.2 Å². The Balaban J connectivity index is 2.21. The Bertz CT molecular complexity index is 602. The minimum atomic E-state index is 0.163. The van der Waals surface area contributed by atoms with Gasteiger partial charge < -0.3 is 10.0 Å². The Hall–Kier alpha value is -1.77. The lowest BCUT2D eigenvalue weighted by atomic mass is 9.98. The average molecular weight is 344 g/mol. The van der Waals surface area contributed by atoms with Gasteiger partial charge in [-0.15, -0.1) is 0 Å². The predicted molar refractivity (Wildman–Crippen MR) is 105 cm³/mol. The van der Waals surface area contributed by atoms with Gasteiger partial charge in [0.05, 0.1) is 0 Å². The number of carbonyl (C=O) groups excluding carboxylic acids is 1. The molecule has 0 aliphatic heterocycles. The maximum Gasteiger partial charge on any atom is 0.249 e. The van der Waals surface area contributed by atoms with Crippen LogP contribution in [0.4, 0.5) is 0 Å². The van der Waals surface area contributed by atoms with Gasteiger partial charge in [0.15, 0.2) is 0 Å². The van der Waals surface area contributed by atoms with Crippen LogP contribution < -0.4 is 0 Å². The zero-order valence-electron chi connectivity index (χ0n) is 16.1. The molecule has 0 unspecified atom stereocenters. The molecule has 0 spiro atoms. The van der Waals surface area contributed by atoms with Crippen LogP contribution in [-0.2, 0) is 11.2 Å². The number of benzene rings is 1. The van der Waals surface area contributed by atoms with Crippen LogP contribution in [-0.4, -0.2) is 29.0 Å². The Morgan fingerprint density at radius 3 is 2.56 bits per heavy atom. The second-order valence-electron chi connectivity index (χ2n) is 7.14. The van der Waals surface area contributed by atoms with Gasteiger partial charge >= 0.3 is 0 Å². The Kier molecular flexibility index (Phi) is 7.54. The van der Waals surface area contributed by atoms with Gasteiger partial charge in [0.1, 0.15) is 5.75 Å². The third kappa shape index (κ3) is 5.62. The van der Waals surface area contributed by atoms with Crippen molar-refractivity contribution in [2.24, 2.45) is 5.92 Å². The lowest BCUT2D eigenvalue weighted by Gasteiger charge is -2.23. The quantitative estimate of drug-likeness (QED) is 0.595. The van der Waals surface area contributed by atoms with Gasteiger partial charge in [-0.1, -0.05) is 52.2 Å². The monoisotopic (exact) mass is 343 g/mol. The topological polar surface area (TPSA) is 40.5 Å². The molecule has 0 aromatic heterocycles. The van der Waals surface area contributed by atoms with Crippen molar-refractivity contribution in [1.29, 1.82) is 0 Å². The second-order valence-corrected chi connectivity index (χ2v) is 7.14. The molecule has 138 valence electrons. The summed E-state index contributed by atoms with van der Waals surface area (Å²) in [6.07, 6.45) is 9.27. The number of aromatic hydroxyl groups is 1. The van der Waals surface area contributed by atoms with E-state index in [0.29, 0.717) is 12.2 Å². The zero-order chi connectivity index (χ0) is 18.2. The van der Waals surface area contributed by atoms with Crippen molar-refractivity contribution in [3.05, 3.63) is 34.9 Å². The van der Waals surface area contributed by atoms with Gasteiger partial charge in [-0.05, 0) is 49.3 Å². The van der Waals surface area contributed by atoms with Crippen LogP contribution >= 0.6 is 0 Å². The Morgan fingerprint density at radius 1 is 1.20 bits per heavy atom. The van der Waals surface area contributed by atoms with Gasteiger partial charge in [-0.25, -0.2) is 0 Å². The highest BCUT2D eigenvalue weighted by Crippen LogP contribution is 2.32. The lowest BCUT2D eigenvalue weighted by molar-refractivity contribution is -0.127. The fourth-order valence-electron chi connectivity index (χ4n) is 3.29.